The molecule has 0 bridgehead atoms. The summed E-state index contributed by atoms with van der Waals surface area (Å²) in [7, 11) is -8.36. The Bertz CT molecular complexity index is 1860. The van der Waals surface area contributed by atoms with Gasteiger partial charge in [0.15, 0.2) is 12.5 Å². The van der Waals surface area contributed by atoms with Crippen LogP contribution in [0.5, 0.6) is 0 Å². The minimum absolute atomic E-state index is 0.443. The fourth-order valence-electron chi connectivity index (χ4n) is 9.13. The molecule has 3 aliphatic heterocycles. The lowest BCUT2D eigenvalue weighted by Crippen LogP contribution is -2.57. The van der Waals surface area contributed by atoms with Crippen LogP contribution in [0.4, 0.5) is 11.4 Å². The zero-order chi connectivity index (χ0) is 37.1. The largest absolute Gasteiger partial charge is 0.439 e. The lowest BCUT2D eigenvalue weighted by Gasteiger charge is -2.41. The number of rotatable bonds is 2. The number of hydrogen-bond donors (Lipinski definition) is 0. The van der Waals surface area contributed by atoms with E-state index in [0.29, 0.717) is 37.1 Å². The highest BCUT2D eigenvalue weighted by atomic mass is 32.2. The van der Waals surface area contributed by atoms with Crippen LogP contribution in [0.25, 0.3) is 0 Å². The Morgan fingerprint density at radius 2 is 0.885 bits per heavy atom. The van der Waals surface area contributed by atoms with Crippen LogP contribution in [0.1, 0.15) is 75.3 Å². The third-order valence-corrected chi connectivity index (χ3v) is 13.9. The second kappa shape index (κ2) is 13.5. The maximum Gasteiger partial charge on any atom is 0.323 e. The van der Waals surface area contributed by atoms with E-state index >= 15 is 0 Å². The molecule has 0 N–H and O–H groups in total. The number of carbonyl (C=O) groups excluding carboxylic acids is 4. The number of ether oxygens (including phenoxy) is 2. The minimum atomic E-state index is -4.18. The van der Waals surface area contributed by atoms with Gasteiger partial charge in [-0.2, -0.15) is 8.61 Å². The Morgan fingerprint density at radius 3 is 1.23 bits per heavy atom. The summed E-state index contributed by atoms with van der Waals surface area (Å²) in [6.45, 7) is -3.17. The number of sulfonamides is 2. The van der Waals surface area contributed by atoms with Gasteiger partial charge < -0.3 is 9.47 Å². The molecule has 2 aliphatic carbocycles. The van der Waals surface area contributed by atoms with Crippen molar-refractivity contribution in [2.75, 3.05) is 48.5 Å². The number of para-hydroxylation sites is 2. The SMILES string of the molecule is CS(=O)(=O)N1CC(=O)OC2N(C(=O)CN(S(C)(=O)=O)CC(=O)OC3N(C(=O)C1)c1ccccc1C31CCCCC1)c1ccccc1C21CCCCC1. The average Bonchev–Trinajstić information content (AvgIpc) is 3.49. The molecule has 52 heavy (non-hydrogen) atoms. The smallest absolute Gasteiger partial charge is 0.323 e. The van der Waals surface area contributed by atoms with Crippen LogP contribution < -0.4 is 9.80 Å². The van der Waals surface area contributed by atoms with Crippen LogP contribution >= 0.6 is 0 Å². The minimum Gasteiger partial charge on any atom is -0.439 e. The van der Waals surface area contributed by atoms with Crippen LogP contribution in [0.15, 0.2) is 48.5 Å². The van der Waals surface area contributed by atoms with Gasteiger partial charge >= 0.3 is 11.9 Å². The molecule has 3 heterocycles. The first-order valence-corrected chi connectivity index (χ1v) is 21.5. The molecule has 2 atom stereocenters. The quantitative estimate of drug-likeness (QED) is 0.416. The van der Waals surface area contributed by atoms with Gasteiger partial charge in [-0.3, -0.25) is 29.0 Å². The molecule has 16 heteroatoms. The van der Waals surface area contributed by atoms with Crippen LogP contribution in [-0.4, -0.2) is 100 Å². The molecule has 2 amide bonds. The van der Waals surface area contributed by atoms with Gasteiger partial charge in [0.25, 0.3) is 0 Å². The molecule has 2 aromatic carbocycles. The second-order valence-electron chi connectivity index (χ2n) is 14.7. The van der Waals surface area contributed by atoms with Crippen LogP contribution in [0, 0.1) is 0 Å². The number of nitrogens with zero attached hydrogens (tertiary/aromatic N) is 4. The molecule has 2 spiro atoms. The summed E-state index contributed by atoms with van der Waals surface area (Å²) in [4.78, 5) is 59.2. The third-order valence-electron chi connectivity index (χ3n) is 11.5. The Balaban J connectivity index is 1.34. The normalized spacial score (nSPS) is 26.0. The standard InChI is InChI=1S/C36H44N4O10S2/c1-51(45,46)37-21-29(41)39-27-15-7-5-13-25(27)35(17-9-3-10-18-35)33(39)50-32(44)24-38(52(2,47)48)22-30(42)40-28-16-8-6-14-26(28)36(19-11-4-12-20-36)34(40)49-31(43)23-37/h5-8,13-16,33-34H,3-4,9-12,17-24H2,1-2H3. The Kier molecular flexibility index (Phi) is 9.49. The van der Waals surface area contributed by atoms with Gasteiger partial charge in [0.1, 0.15) is 13.1 Å². The lowest BCUT2D eigenvalue weighted by atomic mass is 9.69. The van der Waals surface area contributed by atoms with Gasteiger partial charge in [0.2, 0.25) is 31.9 Å². The van der Waals surface area contributed by atoms with E-state index in [9.17, 15) is 36.0 Å². The molecule has 5 aliphatic rings. The van der Waals surface area contributed by atoms with Gasteiger partial charge in [0.05, 0.1) is 47.8 Å². The lowest BCUT2D eigenvalue weighted by molar-refractivity contribution is -0.155. The second-order valence-corrected chi connectivity index (χ2v) is 18.7. The van der Waals surface area contributed by atoms with E-state index in [1.165, 1.54) is 9.80 Å². The highest BCUT2D eigenvalue weighted by Gasteiger charge is 2.57. The van der Waals surface area contributed by atoms with E-state index in [1.807, 2.05) is 24.3 Å². The highest BCUT2D eigenvalue weighted by molar-refractivity contribution is 7.88. The number of anilines is 2. The van der Waals surface area contributed by atoms with E-state index < -0.39 is 93.3 Å². The number of carbonyl (C=O) groups is 4. The molecule has 2 aromatic rings. The first kappa shape index (κ1) is 36.5. The molecule has 3 fully saturated rings. The van der Waals surface area contributed by atoms with Gasteiger partial charge in [0, 0.05) is 0 Å². The van der Waals surface area contributed by atoms with E-state index in [-0.39, 0.29) is 0 Å². The zero-order valence-corrected chi connectivity index (χ0v) is 31.0. The van der Waals surface area contributed by atoms with E-state index in [1.54, 1.807) is 24.3 Å². The van der Waals surface area contributed by atoms with Crippen LogP contribution in [0.3, 0.4) is 0 Å². The predicted octanol–water partition coefficient (Wildman–Crippen LogP) is 2.76. The average molecular weight is 757 g/mol. The van der Waals surface area contributed by atoms with Crippen molar-refractivity contribution in [1.29, 1.82) is 0 Å². The maximum atomic E-state index is 14.4. The number of esters is 2. The van der Waals surface area contributed by atoms with Crippen molar-refractivity contribution in [1.82, 2.24) is 8.61 Å². The molecular formula is C36H44N4O10S2. The molecule has 1 saturated heterocycles. The summed E-state index contributed by atoms with van der Waals surface area (Å²) in [5.41, 5.74) is 0.726. The van der Waals surface area contributed by atoms with Crippen molar-refractivity contribution in [3.63, 3.8) is 0 Å². The fraction of sp³-hybridized carbons (Fsp3) is 0.556. The van der Waals surface area contributed by atoms with Gasteiger partial charge in [-0.25, -0.2) is 16.8 Å². The van der Waals surface area contributed by atoms with Crippen LogP contribution in [0.2, 0.25) is 0 Å². The van der Waals surface area contributed by atoms with Crippen molar-refractivity contribution in [3.05, 3.63) is 59.7 Å². The molecule has 0 aromatic heterocycles. The molecule has 280 valence electrons. The molecule has 2 saturated carbocycles. The maximum absolute atomic E-state index is 14.4. The molecule has 2 unspecified atom stereocenters. The number of hydrogen-bond acceptors (Lipinski definition) is 10. The van der Waals surface area contributed by atoms with E-state index in [2.05, 4.69) is 0 Å². The monoisotopic (exact) mass is 756 g/mol. The summed E-state index contributed by atoms with van der Waals surface area (Å²) < 4.78 is 66.6. The fourth-order valence-corrected chi connectivity index (χ4v) is 10.5. The first-order valence-electron chi connectivity index (χ1n) is 17.8. The van der Waals surface area contributed by atoms with E-state index in [0.717, 1.165) is 70.8 Å². The Morgan fingerprint density at radius 1 is 0.538 bits per heavy atom. The summed E-state index contributed by atoms with van der Waals surface area (Å²) in [5.74, 6) is -3.41. The van der Waals surface area contributed by atoms with Crippen molar-refractivity contribution < 1.29 is 45.5 Å². The zero-order valence-electron chi connectivity index (χ0n) is 29.4. The Hall–Kier alpha value is -3.86. The highest BCUT2D eigenvalue weighted by Crippen LogP contribution is 2.55. The number of benzene rings is 2. The number of amides is 2. The molecular weight excluding hydrogens is 713 g/mol. The summed E-state index contributed by atoms with van der Waals surface area (Å²) in [6, 6.07) is 14.2. The summed E-state index contributed by atoms with van der Waals surface area (Å²) in [6.07, 6.45) is 6.49. The molecule has 7 rings (SSSR count). The molecule has 14 nitrogen and oxygen atoms in total. The van der Waals surface area contributed by atoms with Crippen molar-refractivity contribution in [3.8, 4) is 0 Å². The summed E-state index contributed by atoms with van der Waals surface area (Å²) in [5, 5.41) is 0. The predicted molar refractivity (Wildman–Crippen MR) is 190 cm³/mol. The third kappa shape index (κ3) is 6.30. The van der Waals surface area contributed by atoms with Gasteiger partial charge in [-0.15, -0.1) is 0 Å². The molecule has 0 radical (unpaired) electrons. The first-order chi connectivity index (χ1) is 24.7. The van der Waals surface area contributed by atoms with Gasteiger partial charge in [-0.05, 0) is 48.9 Å². The van der Waals surface area contributed by atoms with Crippen LogP contribution in [-0.2, 0) is 59.5 Å². The topological polar surface area (TPSA) is 168 Å². The van der Waals surface area contributed by atoms with Crippen molar-refractivity contribution in [2.24, 2.45) is 0 Å². The Labute approximate surface area is 304 Å². The van der Waals surface area contributed by atoms with Crippen molar-refractivity contribution >= 4 is 55.2 Å². The van der Waals surface area contributed by atoms with E-state index in [4.69, 9.17) is 9.47 Å². The summed E-state index contributed by atoms with van der Waals surface area (Å²) >= 11 is 0. The van der Waals surface area contributed by atoms with Crippen molar-refractivity contribution in [2.45, 2.75) is 87.5 Å². The number of fused-ring (bicyclic) bond motifs is 10. The van der Waals surface area contributed by atoms with Gasteiger partial charge in [-0.1, -0.05) is 74.9 Å².